The van der Waals surface area contributed by atoms with Crippen molar-refractivity contribution in [3.63, 3.8) is 0 Å². The van der Waals surface area contributed by atoms with Crippen molar-refractivity contribution < 1.29 is 0 Å². The SMILES string of the molecule is O=c1cc2c(nn1CC1CN(c3cnc4ccccc4n3)C1)CCCC2. The summed E-state index contributed by atoms with van der Waals surface area (Å²) in [6, 6.07) is 9.71. The molecule has 0 atom stereocenters. The first-order chi connectivity index (χ1) is 12.8. The Bertz CT molecular complexity index is 1020. The molecular formula is C20H21N5O. The molecule has 1 aliphatic carbocycles. The third kappa shape index (κ3) is 2.75. The van der Waals surface area contributed by atoms with E-state index in [4.69, 9.17) is 4.98 Å². The predicted molar refractivity (Wildman–Crippen MR) is 100 cm³/mol. The van der Waals surface area contributed by atoms with Crippen LogP contribution in [0.5, 0.6) is 0 Å². The fraction of sp³-hybridized carbons (Fsp3) is 0.400. The van der Waals surface area contributed by atoms with Gasteiger partial charge in [0.05, 0.1) is 29.5 Å². The van der Waals surface area contributed by atoms with Crippen LogP contribution < -0.4 is 10.5 Å². The predicted octanol–water partition coefficient (Wildman–Crippen LogP) is 2.20. The minimum absolute atomic E-state index is 0.0367. The summed E-state index contributed by atoms with van der Waals surface area (Å²) in [5.41, 5.74) is 4.14. The van der Waals surface area contributed by atoms with E-state index in [1.165, 1.54) is 12.8 Å². The Morgan fingerprint density at radius 3 is 2.77 bits per heavy atom. The van der Waals surface area contributed by atoms with Gasteiger partial charge < -0.3 is 4.90 Å². The molecule has 3 aromatic rings. The van der Waals surface area contributed by atoms with Crippen molar-refractivity contribution in [3.05, 3.63) is 58.1 Å². The molecule has 2 aromatic heterocycles. The summed E-state index contributed by atoms with van der Waals surface area (Å²) in [4.78, 5) is 23.7. The van der Waals surface area contributed by atoms with Gasteiger partial charge >= 0.3 is 0 Å². The van der Waals surface area contributed by atoms with Gasteiger partial charge in [0.2, 0.25) is 0 Å². The maximum atomic E-state index is 12.3. The number of hydrogen-bond acceptors (Lipinski definition) is 5. The molecule has 6 heteroatoms. The van der Waals surface area contributed by atoms with Gasteiger partial charge in [-0.2, -0.15) is 5.10 Å². The highest BCUT2D eigenvalue weighted by atomic mass is 16.1. The van der Waals surface area contributed by atoms with Gasteiger partial charge in [0, 0.05) is 25.1 Å². The van der Waals surface area contributed by atoms with E-state index in [0.29, 0.717) is 12.5 Å². The van der Waals surface area contributed by atoms with Gasteiger partial charge in [0.25, 0.3) is 5.56 Å². The van der Waals surface area contributed by atoms with Crippen LogP contribution in [-0.4, -0.2) is 32.8 Å². The van der Waals surface area contributed by atoms with E-state index in [1.807, 2.05) is 30.5 Å². The molecule has 0 radical (unpaired) electrons. The summed E-state index contributed by atoms with van der Waals surface area (Å²) in [6.45, 7) is 2.46. The lowest BCUT2D eigenvalue weighted by Gasteiger charge is -2.40. The maximum absolute atomic E-state index is 12.3. The van der Waals surface area contributed by atoms with Gasteiger partial charge in [-0.15, -0.1) is 0 Å². The second kappa shape index (κ2) is 6.20. The summed E-state index contributed by atoms with van der Waals surface area (Å²) < 4.78 is 1.66. The van der Waals surface area contributed by atoms with Crippen LogP contribution in [-0.2, 0) is 19.4 Å². The monoisotopic (exact) mass is 347 g/mol. The van der Waals surface area contributed by atoms with Gasteiger partial charge in [-0.25, -0.2) is 9.67 Å². The van der Waals surface area contributed by atoms with Gasteiger partial charge in [0.1, 0.15) is 5.82 Å². The van der Waals surface area contributed by atoms with Crippen molar-refractivity contribution in [2.24, 2.45) is 5.92 Å². The normalized spacial score (nSPS) is 17.2. The van der Waals surface area contributed by atoms with Crippen molar-refractivity contribution in [2.45, 2.75) is 32.2 Å². The molecule has 1 saturated heterocycles. The van der Waals surface area contributed by atoms with Gasteiger partial charge in [-0.3, -0.25) is 9.78 Å². The Balaban J connectivity index is 1.29. The van der Waals surface area contributed by atoms with Crippen LogP contribution in [0.4, 0.5) is 5.82 Å². The molecule has 1 fully saturated rings. The molecule has 0 amide bonds. The number of fused-ring (bicyclic) bond motifs is 2. The molecule has 3 heterocycles. The van der Waals surface area contributed by atoms with Gasteiger partial charge in [-0.1, -0.05) is 12.1 Å². The lowest BCUT2D eigenvalue weighted by molar-refractivity contribution is 0.330. The van der Waals surface area contributed by atoms with Crippen molar-refractivity contribution in [3.8, 4) is 0 Å². The van der Waals surface area contributed by atoms with E-state index in [0.717, 1.165) is 54.0 Å². The summed E-state index contributed by atoms with van der Waals surface area (Å²) in [5, 5.41) is 4.63. The molecule has 5 rings (SSSR count). The van der Waals surface area contributed by atoms with Crippen LogP contribution in [0.3, 0.4) is 0 Å². The standard InChI is InChI=1S/C20H21N5O/c26-20-9-15-5-1-2-6-16(15)23-25(20)13-14-11-24(12-14)19-10-21-17-7-3-4-8-18(17)22-19/h3-4,7-10,14H,1-2,5-6,11-13H2. The third-order valence-corrected chi connectivity index (χ3v) is 5.42. The van der Waals surface area contributed by atoms with Crippen molar-refractivity contribution >= 4 is 16.9 Å². The first-order valence-electron chi connectivity index (χ1n) is 9.33. The van der Waals surface area contributed by atoms with Crippen LogP contribution in [0.25, 0.3) is 11.0 Å². The fourth-order valence-corrected chi connectivity index (χ4v) is 3.95. The van der Waals surface area contributed by atoms with E-state index in [1.54, 1.807) is 10.7 Å². The highest BCUT2D eigenvalue weighted by Gasteiger charge is 2.29. The summed E-state index contributed by atoms with van der Waals surface area (Å²) in [6.07, 6.45) is 6.18. The maximum Gasteiger partial charge on any atom is 0.267 e. The zero-order valence-electron chi connectivity index (χ0n) is 14.6. The second-order valence-corrected chi connectivity index (χ2v) is 7.33. The number of hydrogen-bond donors (Lipinski definition) is 0. The topological polar surface area (TPSA) is 63.9 Å². The lowest BCUT2D eigenvalue weighted by Crippen LogP contribution is -2.50. The molecule has 6 nitrogen and oxygen atoms in total. The van der Waals surface area contributed by atoms with Crippen molar-refractivity contribution in [2.75, 3.05) is 18.0 Å². The molecule has 2 aliphatic rings. The molecule has 0 saturated carbocycles. The number of benzene rings is 1. The average Bonchev–Trinajstić information content (AvgIpc) is 2.64. The van der Waals surface area contributed by atoms with E-state index >= 15 is 0 Å². The number of rotatable bonds is 3. The number of aromatic nitrogens is 4. The zero-order valence-corrected chi connectivity index (χ0v) is 14.6. The molecule has 26 heavy (non-hydrogen) atoms. The number of nitrogens with zero attached hydrogens (tertiary/aromatic N) is 5. The highest BCUT2D eigenvalue weighted by molar-refractivity contribution is 5.75. The Hall–Kier alpha value is -2.76. The summed E-state index contributed by atoms with van der Waals surface area (Å²) in [5.74, 6) is 1.33. The van der Waals surface area contributed by atoms with E-state index in [9.17, 15) is 4.79 Å². The Labute approximate surface area is 151 Å². The lowest BCUT2D eigenvalue weighted by atomic mass is 9.96. The molecule has 132 valence electrons. The Morgan fingerprint density at radius 2 is 1.88 bits per heavy atom. The molecule has 0 N–H and O–H groups in total. The Morgan fingerprint density at radius 1 is 1.08 bits per heavy atom. The quantitative estimate of drug-likeness (QED) is 0.727. The largest absolute Gasteiger partial charge is 0.354 e. The van der Waals surface area contributed by atoms with Gasteiger partial charge in [0.15, 0.2) is 0 Å². The minimum Gasteiger partial charge on any atom is -0.354 e. The average molecular weight is 347 g/mol. The Kier molecular flexibility index (Phi) is 3.69. The third-order valence-electron chi connectivity index (χ3n) is 5.42. The highest BCUT2D eigenvalue weighted by Crippen LogP contribution is 2.25. The number of para-hydroxylation sites is 2. The van der Waals surface area contributed by atoms with E-state index in [-0.39, 0.29) is 5.56 Å². The number of anilines is 1. The zero-order chi connectivity index (χ0) is 17.5. The van der Waals surface area contributed by atoms with Crippen LogP contribution in [0.1, 0.15) is 24.1 Å². The summed E-state index contributed by atoms with van der Waals surface area (Å²) in [7, 11) is 0. The first-order valence-corrected chi connectivity index (χ1v) is 9.33. The smallest absolute Gasteiger partial charge is 0.267 e. The molecule has 1 aromatic carbocycles. The molecular weight excluding hydrogens is 326 g/mol. The fourth-order valence-electron chi connectivity index (χ4n) is 3.95. The molecule has 1 aliphatic heterocycles. The van der Waals surface area contributed by atoms with Crippen LogP contribution >= 0.6 is 0 Å². The number of aryl methyl sites for hydroxylation is 2. The van der Waals surface area contributed by atoms with Crippen LogP contribution in [0.15, 0.2) is 41.3 Å². The van der Waals surface area contributed by atoms with Crippen molar-refractivity contribution in [1.82, 2.24) is 19.7 Å². The first kappa shape index (κ1) is 15.5. The molecule has 0 unspecified atom stereocenters. The summed E-state index contributed by atoms with van der Waals surface area (Å²) >= 11 is 0. The van der Waals surface area contributed by atoms with E-state index < -0.39 is 0 Å². The molecule has 0 spiro atoms. The van der Waals surface area contributed by atoms with Crippen LogP contribution in [0, 0.1) is 5.92 Å². The van der Waals surface area contributed by atoms with Gasteiger partial charge in [-0.05, 0) is 43.4 Å². The van der Waals surface area contributed by atoms with E-state index in [2.05, 4.69) is 15.0 Å². The molecule has 0 bridgehead atoms. The van der Waals surface area contributed by atoms with Crippen LogP contribution in [0.2, 0.25) is 0 Å². The second-order valence-electron chi connectivity index (χ2n) is 7.33. The minimum atomic E-state index is 0.0367. The van der Waals surface area contributed by atoms with Crippen molar-refractivity contribution in [1.29, 1.82) is 0 Å².